The van der Waals surface area contributed by atoms with E-state index in [1.54, 1.807) is 4.40 Å². The minimum atomic E-state index is -0.334. The average Bonchev–Trinajstić information content (AvgIpc) is 3.13. The summed E-state index contributed by atoms with van der Waals surface area (Å²) in [4.78, 5) is 25.9. The van der Waals surface area contributed by atoms with Crippen molar-refractivity contribution in [3.8, 4) is 0 Å². The van der Waals surface area contributed by atoms with Crippen LogP contribution in [0.3, 0.4) is 0 Å². The van der Waals surface area contributed by atoms with Gasteiger partial charge >= 0.3 is 0 Å². The third-order valence-corrected chi connectivity index (χ3v) is 5.01. The summed E-state index contributed by atoms with van der Waals surface area (Å²) in [6, 6.07) is 13.3. The smallest absolute Gasteiger partial charge is 0.297 e. The summed E-state index contributed by atoms with van der Waals surface area (Å²) < 4.78 is 3.25. The normalized spacial score (nSPS) is 11.5. The lowest BCUT2D eigenvalue weighted by Crippen LogP contribution is -2.29. The van der Waals surface area contributed by atoms with E-state index in [1.165, 1.54) is 4.57 Å². The first kappa shape index (κ1) is 18.9. The highest BCUT2D eigenvalue weighted by molar-refractivity contribution is 5.92. The summed E-state index contributed by atoms with van der Waals surface area (Å²) in [6.45, 7) is 7.86. The van der Waals surface area contributed by atoms with Gasteiger partial charge in [-0.3, -0.25) is 18.6 Å². The third-order valence-electron chi connectivity index (χ3n) is 5.01. The lowest BCUT2D eigenvalue weighted by atomic mass is 10.1. The Morgan fingerprint density at radius 2 is 1.79 bits per heavy atom. The Bertz CT molecular complexity index is 1300. The summed E-state index contributed by atoms with van der Waals surface area (Å²) >= 11 is 0. The van der Waals surface area contributed by atoms with E-state index in [0.717, 1.165) is 28.2 Å². The van der Waals surface area contributed by atoms with Crippen molar-refractivity contribution in [3.05, 3.63) is 69.8 Å². The first-order valence-electron chi connectivity index (χ1n) is 9.60. The van der Waals surface area contributed by atoms with Gasteiger partial charge in [-0.15, -0.1) is 10.2 Å². The number of benzene rings is 2. The van der Waals surface area contributed by atoms with Crippen LogP contribution < -0.4 is 10.9 Å². The monoisotopic (exact) mass is 389 g/mol. The fraction of sp³-hybridized carbons (Fsp3) is 0.273. The molecule has 1 N–H and O–H groups in total. The number of carbonyl (C=O) groups is 1. The number of anilines is 1. The number of fused-ring (bicyclic) bond motifs is 3. The van der Waals surface area contributed by atoms with E-state index >= 15 is 0 Å². The lowest BCUT2D eigenvalue weighted by Gasteiger charge is -2.14. The fourth-order valence-electron chi connectivity index (χ4n) is 3.60. The number of carbonyl (C=O) groups excluding carboxylic acids is 1. The van der Waals surface area contributed by atoms with Gasteiger partial charge in [0.25, 0.3) is 5.56 Å². The molecule has 0 aliphatic carbocycles. The predicted octanol–water partition coefficient (Wildman–Crippen LogP) is 3.42. The molecule has 0 unspecified atom stereocenters. The standard InChI is InChI=1S/C22H23N5O2/c1-13(2)20-24-25-21-22(29)26(17-7-5-6-8-18(17)27(20)21)12-19(28)23-16-10-9-14(3)11-15(16)4/h5-11,13H,12H2,1-4H3,(H,23,28). The molecule has 7 nitrogen and oxygen atoms in total. The quantitative estimate of drug-likeness (QED) is 0.580. The van der Waals surface area contributed by atoms with Crippen LogP contribution in [0.5, 0.6) is 0 Å². The summed E-state index contributed by atoms with van der Waals surface area (Å²) in [5, 5.41) is 11.2. The number of para-hydroxylation sites is 2. The maximum Gasteiger partial charge on any atom is 0.297 e. The van der Waals surface area contributed by atoms with Gasteiger partial charge in [0.05, 0.1) is 11.0 Å². The molecule has 148 valence electrons. The van der Waals surface area contributed by atoms with Gasteiger partial charge in [-0.1, -0.05) is 43.7 Å². The average molecular weight is 389 g/mol. The van der Waals surface area contributed by atoms with Gasteiger partial charge in [0, 0.05) is 11.6 Å². The van der Waals surface area contributed by atoms with Crippen LogP contribution >= 0.6 is 0 Å². The molecule has 0 atom stereocenters. The molecular formula is C22H23N5O2. The van der Waals surface area contributed by atoms with Gasteiger partial charge < -0.3 is 5.32 Å². The molecule has 2 aromatic carbocycles. The van der Waals surface area contributed by atoms with Gasteiger partial charge in [-0.05, 0) is 37.6 Å². The van der Waals surface area contributed by atoms with Crippen molar-refractivity contribution >= 4 is 28.3 Å². The topological polar surface area (TPSA) is 81.3 Å². The number of nitrogens with one attached hydrogen (secondary N) is 1. The molecule has 4 rings (SSSR count). The number of rotatable bonds is 4. The van der Waals surface area contributed by atoms with Crippen LogP contribution in [-0.2, 0) is 11.3 Å². The molecule has 0 aliphatic rings. The van der Waals surface area contributed by atoms with Crippen molar-refractivity contribution in [3.63, 3.8) is 0 Å². The Balaban J connectivity index is 1.80. The molecule has 0 saturated heterocycles. The fourth-order valence-corrected chi connectivity index (χ4v) is 3.60. The highest BCUT2D eigenvalue weighted by atomic mass is 16.2. The van der Waals surface area contributed by atoms with Crippen molar-refractivity contribution in [2.75, 3.05) is 5.32 Å². The van der Waals surface area contributed by atoms with Crippen molar-refractivity contribution in [1.82, 2.24) is 19.2 Å². The Morgan fingerprint density at radius 1 is 1.07 bits per heavy atom. The molecule has 0 radical (unpaired) electrons. The van der Waals surface area contributed by atoms with Crippen molar-refractivity contribution in [1.29, 1.82) is 0 Å². The second-order valence-corrected chi connectivity index (χ2v) is 7.62. The zero-order chi connectivity index (χ0) is 20.7. The van der Waals surface area contributed by atoms with Gasteiger partial charge in [0.2, 0.25) is 11.6 Å². The van der Waals surface area contributed by atoms with Crippen molar-refractivity contribution < 1.29 is 4.79 Å². The second-order valence-electron chi connectivity index (χ2n) is 7.62. The highest BCUT2D eigenvalue weighted by Gasteiger charge is 2.19. The zero-order valence-corrected chi connectivity index (χ0v) is 16.9. The highest BCUT2D eigenvalue weighted by Crippen LogP contribution is 2.20. The number of hydrogen-bond acceptors (Lipinski definition) is 4. The Labute approximate surface area is 168 Å². The van der Waals surface area contributed by atoms with Crippen LogP contribution in [-0.4, -0.2) is 25.1 Å². The van der Waals surface area contributed by atoms with E-state index in [-0.39, 0.29) is 29.6 Å². The molecule has 7 heteroatoms. The van der Waals surface area contributed by atoms with Crippen molar-refractivity contribution in [2.24, 2.45) is 0 Å². The van der Waals surface area contributed by atoms with Gasteiger partial charge in [-0.2, -0.15) is 0 Å². The first-order valence-corrected chi connectivity index (χ1v) is 9.60. The molecule has 4 aromatic rings. The number of amides is 1. The van der Waals surface area contributed by atoms with Crippen LogP contribution in [0.15, 0.2) is 47.3 Å². The minimum Gasteiger partial charge on any atom is -0.324 e. The third kappa shape index (κ3) is 3.29. The van der Waals surface area contributed by atoms with Gasteiger partial charge in [-0.25, -0.2) is 0 Å². The maximum absolute atomic E-state index is 13.1. The molecule has 1 amide bonds. The number of aryl methyl sites for hydroxylation is 2. The van der Waals surface area contributed by atoms with Crippen LogP contribution in [0.2, 0.25) is 0 Å². The molecule has 0 fully saturated rings. The summed E-state index contributed by atoms with van der Waals surface area (Å²) in [7, 11) is 0. The van der Waals surface area contributed by atoms with Crippen LogP contribution in [0.25, 0.3) is 16.7 Å². The summed E-state index contributed by atoms with van der Waals surface area (Å²) in [5.41, 5.74) is 4.21. The first-order chi connectivity index (χ1) is 13.9. The zero-order valence-electron chi connectivity index (χ0n) is 16.9. The van der Waals surface area contributed by atoms with Crippen molar-refractivity contribution in [2.45, 2.75) is 40.2 Å². The molecular weight excluding hydrogens is 366 g/mol. The van der Waals surface area contributed by atoms with Gasteiger partial charge in [0.15, 0.2) is 0 Å². The molecule has 0 saturated carbocycles. The Kier molecular flexibility index (Phi) is 4.66. The Morgan fingerprint density at radius 3 is 2.48 bits per heavy atom. The second kappa shape index (κ2) is 7.16. The number of nitrogens with zero attached hydrogens (tertiary/aromatic N) is 4. The van der Waals surface area contributed by atoms with E-state index in [9.17, 15) is 9.59 Å². The maximum atomic E-state index is 13.1. The molecule has 0 spiro atoms. The van der Waals surface area contributed by atoms with E-state index in [4.69, 9.17) is 0 Å². The van der Waals surface area contributed by atoms with E-state index in [1.807, 2.05) is 70.2 Å². The van der Waals surface area contributed by atoms with E-state index < -0.39 is 0 Å². The minimum absolute atomic E-state index is 0.104. The van der Waals surface area contributed by atoms with Crippen LogP contribution in [0.1, 0.15) is 36.7 Å². The number of aromatic nitrogens is 4. The summed E-state index contributed by atoms with van der Waals surface area (Å²) in [5.74, 6) is 0.564. The molecule has 0 bridgehead atoms. The van der Waals surface area contributed by atoms with Crippen LogP contribution in [0.4, 0.5) is 5.69 Å². The molecule has 29 heavy (non-hydrogen) atoms. The molecule has 2 heterocycles. The SMILES string of the molecule is Cc1ccc(NC(=O)Cn2c(=O)c3nnc(C(C)C)n3c3ccccc32)c(C)c1. The van der Waals surface area contributed by atoms with Crippen LogP contribution in [0, 0.1) is 13.8 Å². The lowest BCUT2D eigenvalue weighted by molar-refractivity contribution is -0.116. The molecule has 2 aromatic heterocycles. The van der Waals surface area contributed by atoms with Gasteiger partial charge in [0.1, 0.15) is 12.4 Å². The van der Waals surface area contributed by atoms with E-state index in [0.29, 0.717) is 5.52 Å². The largest absolute Gasteiger partial charge is 0.324 e. The summed E-state index contributed by atoms with van der Waals surface area (Å²) in [6.07, 6.45) is 0. The van der Waals surface area contributed by atoms with E-state index in [2.05, 4.69) is 15.5 Å². The number of hydrogen-bond donors (Lipinski definition) is 1. The Hall–Kier alpha value is -3.48. The predicted molar refractivity (Wildman–Crippen MR) is 113 cm³/mol. The molecule has 0 aliphatic heterocycles.